The number of carbonyl (C=O) groups excluding carboxylic acids is 2. The number of hydrogen-bond donors (Lipinski definition) is 1. The van der Waals surface area contributed by atoms with E-state index in [1.165, 1.54) is 10.5 Å². The molecule has 2 aromatic carbocycles. The van der Waals surface area contributed by atoms with Gasteiger partial charge in [-0.25, -0.2) is 0 Å². The maximum atomic E-state index is 12.6. The molecule has 4 rings (SSSR count). The second-order valence-corrected chi connectivity index (χ2v) is 6.06. The van der Waals surface area contributed by atoms with Crippen LogP contribution in [0.15, 0.2) is 42.5 Å². The third kappa shape index (κ3) is 2.20. The number of hydrogen-bond acceptors (Lipinski definition) is 4. The van der Waals surface area contributed by atoms with E-state index in [1.54, 1.807) is 31.4 Å². The molecule has 1 N–H and O–H groups in total. The molecular weight excluding hydrogens is 304 g/mol. The molecule has 0 unspecified atom stereocenters. The lowest BCUT2D eigenvalue weighted by atomic mass is 9.93. The van der Waals surface area contributed by atoms with Crippen molar-refractivity contribution in [2.75, 3.05) is 20.2 Å². The number of imide groups is 1. The number of fused-ring (bicyclic) bond motifs is 2. The molecular formula is C19H18N2O3. The molecule has 122 valence electrons. The van der Waals surface area contributed by atoms with E-state index in [9.17, 15) is 9.59 Å². The van der Waals surface area contributed by atoms with Crippen LogP contribution in [0, 0.1) is 0 Å². The van der Waals surface area contributed by atoms with Crippen LogP contribution >= 0.6 is 0 Å². The standard InChI is InChI=1S/C19H18N2O3/c1-24-16-8-4-5-12-9-10-20-15(17(12)16)11-21-18(22)13-6-2-3-7-14(13)19(21)23/h2-8,15,20H,9-11H2,1H3/t15-/m1/s1. The molecule has 5 nitrogen and oxygen atoms in total. The Labute approximate surface area is 140 Å². The molecule has 0 radical (unpaired) electrons. The minimum atomic E-state index is -0.223. The third-order valence-electron chi connectivity index (χ3n) is 4.75. The van der Waals surface area contributed by atoms with E-state index in [1.807, 2.05) is 12.1 Å². The fourth-order valence-electron chi connectivity index (χ4n) is 3.61. The van der Waals surface area contributed by atoms with Crippen molar-refractivity contribution in [2.24, 2.45) is 0 Å². The maximum Gasteiger partial charge on any atom is 0.261 e. The Morgan fingerprint density at radius 3 is 2.46 bits per heavy atom. The summed E-state index contributed by atoms with van der Waals surface area (Å²) in [4.78, 5) is 26.5. The predicted octanol–water partition coefficient (Wildman–Crippen LogP) is 2.18. The van der Waals surface area contributed by atoms with E-state index in [0.717, 1.165) is 24.3 Å². The average molecular weight is 322 g/mol. The molecule has 0 fully saturated rings. The van der Waals surface area contributed by atoms with Crippen molar-refractivity contribution < 1.29 is 14.3 Å². The molecule has 2 aliphatic rings. The van der Waals surface area contributed by atoms with Crippen molar-refractivity contribution in [3.63, 3.8) is 0 Å². The minimum Gasteiger partial charge on any atom is -0.496 e. The van der Waals surface area contributed by atoms with Gasteiger partial charge >= 0.3 is 0 Å². The number of benzene rings is 2. The molecule has 2 amide bonds. The van der Waals surface area contributed by atoms with Gasteiger partial charge in [-0.2, -0.15) is 0 Å². The SMILES string of the molecule is COc1cccc2c1[C@@H](CN1C(=O)c3ccccc3C1=O)NCC2. The van der Waals surface area contributed by atoms with E-state index < -0.39 is 0 Å². The van der Waals surface area contributed by atoms with E-state index in [4.69, 9.17) is 4.74 Å². The highest BCUT2D eigenvalue weighted by molar-refractivity contribution is 6.21. The normalized spacial score (nSPS) is 19.2. The van der Waals surface area contributed by atoms with Crippen LogP contribution in [0.3, 0.4) is 0 Å². The maximum absolute atomic E-state index is 12.6. The van der Waals surface area contributed by atoms with Gasteiger partial charge in [0.15, 0.2) is 0 Å². The molecule has 0 spiro atoms. The van der Waals surface area contributed by atoms with Crippen LogP contribution in [0.25, 0.3) is 0 Å². The van der Waals surface area contributed by atoms with Gasteiger partial charge in [-0.05, 0) is 36.7 Å². The number of methoxy groups -OCH3 is 1. The minimum absolute atomic E-state index is 0.118. The summed E-state index contributed by atoms with van der Waals surface area (Å²) in [7, 11) is 1.64. The number of amides is 2. The average Bonchev–Trinajstić information content (AvgIpc) is 2.87. The molecule has 2 aromatic rings. The van der Waals surface area contributed by atoms with Crippen molar-refractivity contribution in [1.82, 2.24) is 10.2 Å². The van der Waals surface area contributed by atoms with Crippen molar-refractivity contribution in [3.05, 3.63) is 64.7 Å². The molecule has 1 atom stereocenters. The summed E-state index contributed by atoms with van der Waals surface area (Å²) in [6.07, 6.45) is 0.908. The van der Waals surface area contributed by atoms with Gasteiger partial charge in [0.2, 0.25) is 0 Å². The highest BCUT2D eigenvalue weighted by Gasteiger charge is 2.37. The van der Waals surface area contributed by atoms with Crippen LogP contribution in [-0.4, -0.2) is 36.9 Å². The summed E-state index contributed by atoms with van der Waals surface area (Å²) in [5, 5.41) is 3.42. The zero-order valence-electron chi connectivity index (χ0n) is 13.4. The Kier molecular flexibility index (Phi) is 3.58. The van der Waals surface area contributed by atoms with Crippen LogP contribution in [0.4, 0.5) is 0 Å². The lowest BCUT2D eigenvalue weighted by molar-refractivity contribution is 0.0636. The Morgan fingerprint density at radius 1 is 1.08 bits per heavy atom. The van der Waals surface area contributed by atoms with E-state index in [2.05, 4.69) is 11.4 Å². The van der Waals surface area contributed by atoms with Crippen molar-refractivity contribution in [1.29, 1.82) is 0 Å². The molecule has 0 bridgehead atoms. The lowest BCUT2D eigenvalue weighted by Crippen LogP contribution is -2.41. The first kappa shape index (κ1) is 14.9. The van der Waals surface area contributed by atoms with Crippen LogP contribution in [0.1, 0.15) is 37.9 Å². The summed E-state index contributed by atoms with van der Waals surface area (Å²) < 4.78 is 5.49. The largest absolute Gasteiger partial charge is 0.496 e. The van der Waals surface area contributed by atoms with Crippen molar-refractivity contribution in [3.8, 4) is 5.75 Å². The Balaban J connectivity index is 1.67. The van der Waals surface area contributed by atoms with Gasteiger partial charge in [-0.1, -0.05) is 24.3 Å². The van der Waals surface area contributed by atoms with Crippen LogP contribution in [0.2, 0.25) is 0 Å². The molecule has 2 aliphatic heterocycles. The zero-order chi connectivity index (χ0) is 16.7. The fourth-order valence-corrected chi connectivity index (χ4v) is 3.61. The summed E-state index contributed by atoms with van der Waals surface area (Å²) in [5.74, 6) is 0.347. The quantitative estimate of drug-likeness (QED) is 0.880. The molecule has 5 heteroatoms. The van der Waals surface area contributed by atoms with Gasteiger partial charge in [0.25, 0.3) is 11.8 Å². The summed E-state index contributed by atoms with van der Waals surface area (Å²) in [6.45, 7) is 1.12. The molecule has 0 saturated heterocycles. The van der Waals surface area contributed by atoms with Gasteiger partial charge in [0, 0.05) is 12.1 Å². The van der Waals surface area contributed by atoms with Gasteiger partial charge in [0.05, 0.1) is 24.3 Å². The number of nitrogens with one attached hydrogen (secondary N) is 1. The molecule has 0 saturated carbocycles. The smallest absolute Gasteiger partial charge is 0.261 e. The molecule has 0 aromatic heterocycles. The summed E-state index contributed by atoms with van der Waals surface area (Å²) >= 11 is 0. The highest BCUT2D eigenvalue weighted by atomic mass is 16.5. The first-order chi connectivity index (χ1) is 11.7. The monoisotopic (exact) mass is 322 g/mol. The Bertz CT molecular complexity index is 782. The van der Waals surface area contributed by atoms with Crippen LogP contribution in [0.5, 0.6) is 5.75 Å². The molecule has 0 aliphatic carbocycles. The summed E-state index contributed by atoms with van der Waals surface area (Å²) in [5.41, 5.74) is 3.22. The van der Waals surface area contributed by atoms with Crippen molar-refractivity contribution in [2.45, 2.75) is 12.5 Å². The van der Waals surface area contributed by atoms with Crippen LogP contribution < -0.4 is 10.1 Å². The highest BCUT2D eigenvalue weighted by Crippen LogP contribution is 2.34. The van der Waals surface area contributed by atoms with E-state index >= 15 is 0 Å². The van der Waals surface area contributed by atoms with Gasteiger partial charge in [-0.3, -0.25) is 14.5 Å². The Hall–Kier alpha value is -2.66. The van der Waals surface area contributed by atoms with E-state index in [0.29, 0.717) is 17.7 Å². The third-order valence-corrected chi connectivity index (χ3v) is 4.75. The van der Waals surface area contributed by atoms with Gasteiger partial charge in [0.1, 0.15) is 5.75 Å². The summed E-state index contributed by atoms with van der Waals surface area (Å²) in [6, 6.07) is 12.8. The van der Waals surface area contributed by atoms with Gasteiger partial charge in [-0.15, -0.1) is 0 Å². The topological polar surface area (TPSA) is 58.6 Å². The van der Waals surface area contributed by atoms with E-state index in [-0.39, 0.29) is 17.9 Å². The second kappa shape index (κ2) is 5.76. The fraction of sp³-hybridized carbons (Fsp3) is 0.263. The lowest BCUT2D eigenvalue weighted by Gasteiger charge is -2.31. The second-order valence-electron chi connectivity index (χ2n) is 6.06. The van der Waals surface area contributed by atoms with Crippen LogP contribution in [-0.2, 0) is 6.42 Å². The van der Waals surface area contributed by atoms with Crippen molar-refractivity contribution >= 4 is 11.8 Å². The number of rotatable bonds is 3. The molecule has 2 heterocycles. The number of nitrogens with zero attached hydrogens (tertiary/aromatic N) is 1. The predicted molar refractivity (Wildman–Crippen MR) is 89.3 cm³/mol. The Morgan fingerprint density at radius 2 is 1.79 bits per heavy atom. The number of ether oxygens (including phenoxy) is 1. The number of carbonyl (C=O) groups is 2. The first-order valence-electron chi connectivity index (χ1n) is 8.05. The van der Waals surface area contributed by atoms with Gasteiger partial charge < -0.3 is 10.1 Å². The zero-order valence-corrected chi connectivity index (χ0v) is 13.4. The molecule has 24 heavy (non-hydrogen) atoms. The first-order valence-corrected chi connectivity index (χ1v) is 8.05.